The highest BCUT2D eigenvalue weighted by Gasteiger charge is 2.37. The lowest BCUT2D eigenvalue weighted by atomic mass is 10.3. The first kappa shape index (κ1) is 13.5. The highest BCUT2D eigenvalue weighted by Crippen LogP contribution is 2.36. The van der Waals surface area contributed by atoms with E-state index >= 15 is 0 Å². The summed E-state index contributed by atoms with van der Waals surface area (Å²) in [5.74, 6) is -0.0306. The molecule has 0 aromatic rings. The van der Waals surface area contributed by atoms with Gasteiger partial charge in [0, 0.05) is 10.5 Å². The molecular formula is C9H15NO4S2. The minimum Gasteiger partial charge on any atom is -0.465 e. The predicted molar refractivity (Wildman–Crippen MR) is 64.4 cm³/mol. The van der Waals surface area contributed by atoms with Crippen molar-refractivity contribution < 1.29 is 19.4 Å². The molecule has 1 saturated heterocycles. The van der Waals surface area contributed by atoms with E-state index in [0.29, 0.717) is 5.75 Å². The second-order valence-corrected chi connectivity index (χ2v) is 7.51. The van der Waals surface area contributed by atoms with E-state index in [1.807, 2.05) is 0 Å². The molecule has 1 unspecified atom stereocenters. The van der Waals surface area contributed by atoms with Gasteiger partial charge in [-0.1, -0.05) is 42.4 Å². The summed E-state index contributed by atoms with van der Waals surface area (Å²) in [7, 11) is 3.12. The molecule has 1 heterocycles. The zero-order valence-corrected chi connectivity index (χ0v) is 11.1. The molecule has 1 rings (SSSR count). The molecule has 5 nitrogen and oxygen atoms in total. The molecule has 0 radical (unpaired) electrons. The molecule has 1 fully saturated rings. The van der Waals surface area contributed by atoms with Crippen LogP contribution in [0, 0.1) is 0 Å². The Morgan fingerprint density at radius 1 is 1.62 bits per heavy atom. The molecular weight excluding hydrogens is 250 g/mol. The normalized spacial score (nSPS) is 21.1. The van der Waals surface area contributed by atoms with Gasteiger partial charge in [-0.2, -0.15) is 0 Å². The van der Waals surface area contributed by atoms with Crippen LogP contribution in [0.5, 0.6) is 0 Å². The summed E-state index contributed by atoms with van der Waals surface area (Å²) >= 11 is 0. The SMILES string of the molecule is CC(C)(C)SSCC1C(=O)OCN1C(=O)O. The van der Waals surface area contributed by atoms with Crippen LogP contribution in [0.1, 0.15) is 20.8 Å². The highest BCUT2D eigenvalue weighted by molar-refractivity contribution is 8.77. The van der Waals surface area contributed by atoms with Crippen LogP contribution in [0.2, 0.25) is 0 Å². The van der Waals surface area contributed by atoms with E-state index in [0.717, 1.165) is 4.90 Å². The average Bonchev–Trinajstić information content (AvgIpc) is 2.46. The van der Waals surface area contributed by atoms with Crippen LogP contribution in [-0.4, -0.2) is 45.3 Å². The van der Waals surface area contributed by atoms with Gasteiger partial charge in [-0.15, -0.1) is 0 Å². The van der Waals surface area contributed by atoms with Gasteiger partial charge in [0.25, 0.3) is 0 Å². The number of ether oxygens (including phenoxy) is 1. The first-order valence-corrected chi connectivity index (χ1v) is 7.10. The van der Waals surface area contributed by atoms with Crippen molar-refractivity contribution in [3.05, 3.63) is 0 Å². The first-order valence-electron chi connectivity index (χ1n) is 4.78. The number of cyclic esters (lactones) is 1. The lowest BCUT2D eigenvalue weighted by Gasteiger charge is -2.19. The fraction of sp³-hybridized carbons (Fsp3) is 0.778. The molecule has 0 aromatic heterocycles. The van der Waals surface area contributed by atoms with Gasteiger partial charge in [0.15, 0.2) is 6.73 Å². The van der Waals surface area contributed by atoms with Crippen LogP contribution < -0.4 is 0 Å². The van der Waals surface area contributed by atoms with E-state index in [4.69, 9.17) is 9.84 Å². The van der Waals surface area contributed by atoms with Gasteiger partial charge in [-0.3, -0.25) is 4.90 Å². The Balaban J connectivity index is 2.45. The number of hydrogen-bond acceptors (Lipinski definition) is 5. The Morgan fingerprint density at radius 2 is 2.25 bits per heavy atom. The van der Waals surface area contributed by atoms with Gasteiger partial charge < -0.3 is 9.84 Å². The molecule has 0 saturated carbocycles. The first-order chi connectivity index (χ1) is 7.31. The van der Waals surface area contributed by atoms with E-state index < -0.39 is 18.1 Å². The molecule has 1 aliphatic rings. The molecule has 1 amide bonds. The van der Waals surface area contributed by atoms with Gasteiger partial charge in [0.2, 0.25) is 0 Å². The molecule has 0 aliphatic carbocycles. The van der Waals surface area contributed by atoms with Crippen molar-refractivity contribution in [2.75, 3.05) is 12.5 Å². The topological polar surface area (TPSA) is 66.8 Å². The molecule has 1 atom stereocenters. The third kappa shape index (κ3) is 3.79. The summed E-state index contributed by atoms with van der Waals surface area (Å²) in [6, 6.07) is -0.669. The van der Waals surface area contributed by atoms with Crippen molar-refractivity contribution in [3.8, 4) is 0 Å². The van der Waals surface area contributed by atoms with Gasteiger partial charge in [-0.05, 0) is 0 Å². The summed E-state index contributed by atoms with van der Waals surface area (Å²) in [4.78, 5) is 23.1. The maximum Gasteiger partial charge on any atom is 0.410 e. The van der Waals surface area contributed by atoms with Crippen LogP contribution >= 0.6 is 21.6 Å². The fourth-order valence-corrected chi connectivity index (χ4v) is 3.59. The minimum absolute atomic E-state index is 0.0846. The zero-order chi connectivity index (χ0) is 12.3. The molecule has 1 aliphatic heterocycles. The summed E-state index contributed by atoms with van der Waals surface area (Å²) in [6.45, 7) is 6.03. The molecule has 0 aromatic carbocycles. The van der Waals surface area contributed by atoms with Crippen molar-refractivity contribution in [3.63, 3.8) is 0 Å². The number of carbonyl (C=O) groups excluding carboxylic acids is 1. The number of carboxylic acid groups (broad SMARTS) is 1. The second kappa shape index (κ2) is 5.18. The predicted octanol–water partition coefficient (Wildman–Crippen LogP) is 2.03. The number of nitrogens with zero attached hydrogens (tertiary/aromatic N) is 1. The van der Waals surface area contributed by atoms with Gasteiger partial charge in [0.1, 0.15) is 6.04 Å². The lowest BCUT2D eigenvalue weighted by molar-refractivity contribution is -0.138. The molecule has 16 heavy (non-hydrogen) atoms. The Bertz CT molecular complexity index is 290. The van der Waals surface area contributed by atoms with Crippen LogP contribution in [0.15, 0.2) is 0 Å². The summed E-state index contributed by atoms with van der Waals surface area (Å²) in [5, 5.41) is 8.84. The number of rotatable bonds is 3. The molecule has 0 spiro atoms. The van der Waals surface area contributed by atoms with Crippen LogP contribution in [0.25, 0.3) is 0 Å². The fourth-order valence-electron chi connectivity index (χ4n) is 1.07. The second-order valence-electron chi connectivity index (χ2n) is 4.34. The van der Waals surface area contributed by atoms with Crippen molar-refractivity contribution in [1.29, 1.82) is 0 Å². The van der Waals surface area contributed by atoms with E-state index in [2.05, 4.69) is 20.8 Å². The van der Waals surface area contributed by atoms with Crippen molar-refractivity contribution in [1.82, 2.24) is 4.90 Å². The summed E-state index contributed by atoms with van der Waals surface area (Å²) in [6.07, 6.45) is -1.11. The van der Waals surface area contributed by atoms with Crippen LogP contribution in [0.4, 0.5) is 4.79 Å². The van der Waals surface area contributed by atoms with E-state index in [1.54, 1.807) is 10.8 Å². The largest absolute Gasteiger partial charge is 0.465 e. The Kier molecular flexibility index (Phi) is 4.37. The number of carbonyl (C=O) groups is 2. The average molecular weight is 265 g/mol. The van der Waals surface area contributed by atoms with E-state index in [-0.39, 0.29) is 11.5 Å². The molecule has 7 heteroatoms. The highest BCUT2D eigenvalue weighted by atomic mass is 33.1. The third-order valence-electron chi connectivity index (χ3n) is 1.77. The van der Waals surface area contributed by atoms with Gasteiger partial charge in [0.05, 0.1) is 0 Å². The van der Waals surface area contributed by atoms with Gasteiger partial charge in [-0.25, -0.2) is 9.59 Å². The van der Waals surface area contributed by atoms with Crippen molar-refractivity contribution >= 4 is 33.7 Å². The van der Waals surface area contributed by atoms with Crippen LogP contribution in [0.3, 0.4) is 0 Å². The van der Waals surface area contributed by atoms with Gasteiger partial charge >= 0.3 is 12.1 Å². The Hall–Kier alpha value is -0.560. The lowest BCUT2D eigenvalue weighted by Crippen LogP contribution is -2.38. The quantitative estimate of drug-likeness (QED) is 0.622. The van der Waals surface area contributed by atoms with E-state index in [9.17, 15) is 9.59 Å². The molecule has 0 bridgehead atoms. The standard InChI is InChI=1S/C9H15NO4S2/c1-9(2,3)16-15-4-6-7(11)14-5-10(6)8(12)13/h6H,4-5H2,1-3H3,(H,12,13). The Labute approximate surface area is 102 Å². The summed E-state index contributed by atoms with van der Waals surface area (Å²) < 4.78 is 4.79. The summed E-state index contributed by atoms with van der Waals surface area (Å²) in [5.41, 5.74) is 0. The number of amides is 1. The van der Waals surface area contributed by atoms with E-state index in [1.165, 1.54) is 10.8 Å². The number of hydrogen-bond donors (Lipinski definition) is 1. The van der Waals surface area contributed by atoms with Crippen molar-refractivity contribution in [2.24, 2.45) is 0 Å². The maximum absolute atomic E-state index is 11.3. The van der Waals surface area contributed by atoms with Crippen LogP contribution in [-0.2, 0) is 9.53 Å². The van der Waals surface area contributed by atoms with Crippen molar-refractivity contribution in [2.45, 2.75) is 31.6 Å². The maximum atomic E-state index is 11.3. The molecule has 1 N–H and O–H groups in total. The monoisotopic (exact) mass is 265 g/mol. The minimum atomic E-state index is -1.11. The molecule has 92 valence electrons. The number of esters is 1. The Morgan fingerprint density at radius 3 is 2.75 bits per heavy atom. The smallest absolute Gasteiger partial charge is 0.410 e. The zero-order valence-electron chi connectivity index (χ0n) is 9.43. The third-order valence-corrected chi connectivity index (χ3v) is 5.11.